The van der Waals surface area contributed by atoms with Crippen molar-refractivity contribution in [1.82, 2.24) is 0 Å². The molecule has 1 rings (SSSR count). The molecule has 0 spiro atoms. The number of hydrogen-bond donors (Lipinski definition) is 2. The molecule has 4 N–H and O–H groups in total. The van der Waals surface area contributed by atoms with Gasteiger partial charge in [0.15, 0.2) is 0 Å². The van der Waals surface area contributed by atoms with Crippen molar-refractivity contribution in [1.29, 1.82) is 0 Å². The Balaban J connectivity index is 3.37. The predicted octanol–water partition coefficient (Wildman–Crippen LogP) is -1.16. The summed E-state index contributed by atoms with van der Waals surface area (Å²) in [5, 5.41) is 0. The van der Waals surface area contributed by atoms with E-state index in [2.05, 4.69) is 20.4 Å². The first-order chi connectivity index (χ1) is 7.33. The minimum atomic E-state index is -4.17. The standard InChI is InChI=1S/C6H8N2O6S2/c7-13-15(9,10)5-2-1-3-6(4-5)16(11,12)14-8/h1-4H,7-8H2. The molecule has 0 saturated heterocycles. The van der Waals surface area contributed by atoms with Crippen molar-refractivity contribution in [3.05, 3.63) is 24.3 Å². The Morgan fingerprint density at radius 2 is 1.25 bits per heavy atom. The summed E-state index contributed by atoms with van der Waals surface area (Å²) < 4.78 is 52.1. The van der Waals surface area contributed by atoms with Gasteiger partial charge in [0.1, 0.15) is 0 Å². The zero-order valence-electron chi connectivity index (χ0n) is 7.73. The van der Waals surface area contributed by atoms with E-state index >= 15 is 0 Å². The van der Waals surface area contributed by atoms with Crippen LogP contribution < -0.4 is 11.8 Å². The largest absolute Gasteiger partial charge is 0.312 e. The summed E-state index contributed by atoms with van der Waals surface area (Å²) >= 11 is 0. The fraction of sp³-hybridized carbons (Fsp3) is 0. The monoisotopic (exact) mass is 268 g/mol. The molecular weight excluding hydrogens is 260 g/mol. The normalized spacial score (nSPS) is 12.6. The van der Waals surface area contributed by atoms with Gasteiger partial charge < -0.3 is 0 Å². The van der Waals surface area contributed by atoms with E-state index in [0.717, 1.165) is 18.2 Å². The summed E-state index contributed by atoms with van der Waals surface area (Å²) in [7, 11) is -8.34. The van der Waals surface area contributed by atoms with Gasteiger partial charge in [0, 0.05) is 0 Å². The molecule has 90 valence electrons. The van der Waals surface area contributed by atoms with E-state index in [4.69, 9.17) is 0 Å². The van der Waals surface area contributed by atoms with E-state index in [9.17, 15) is 16.8 Å². The number of nitrogens with two attached hydrogens (primary N) is 2. The Hall–Kier alpha value is -1.04. The molecule has 16 heavy (non-hydrogen) atoms. The second kappa shape index (κ2) is 4.45. The van der Waals surface area contributed by atoms with Crippen molar-refractivity contribution in [2.45, 2.75) is 9.79 Å². The van der Waals surface area contributed by atoms with E-state index < -0.39 is 30.0 Å². The van der Waals surface area contributed by atoms with E-state index in [1.54, 1.807) is 0 Å². The van der Waals surface area contributed by atoms with Gasteiger partial charge in [-0.2, -0.15) is 37.2 Å². The van der Waals surface area contributed by atoms with E-state index in [0.29, 0.717) is 0 Å². The van der Waals surface area contributed by atoms with Gasteiger partial charge in [-0.1, -0.05) is 6.07 Å². The van der Waals surface area contributed by atoms with Crippen molar-refractivity contribution in [2.75, 3.05) is 0 Å². The highest BCUT2D eigenvalue weighted by molar-refractivity contribution is 7.87. The SMILES string of the molecule is NOS(=O)(=O)c1cccc(S(=O)(=O)ON)c1. The molecule has 0 amide bonds. The Labute approximate surface area is 91.9 Å². The lowest BCUT2D eigenvalue weighted by Gasteiger charge is -2.03. The van der Waals surface area contributed by atoms with Crippen molar-refractivity contribution >= 4 is 20.2 Å². The number of benzene rings is 1. The Morgan fingerprint density at radius 3 is 1.56 bits per heavy atom. The van der Waals surface area contributed by atoms with Gasteiger partial charge in [0.05, 0.1) is 9.79 Å². The van der Waals surface area contributed by atoms with Crippen LogP contribution in [0, 0.1) is 0 Å². The molecule has 1 aromatic rings. The maximum Gasteiger partial charge on any atom is 0.312 e. The van der Waals surface area contributed by atoms with Crippen LogP contribution in [0.2, 0.25) is 0 Å². The molecule has 1 aromatic carbocycles. The highest BCUT2D eigenvalue weighted by Crippen LogP contribution is 2.17. The summed E-state index contributed by atoms with van der Waals surface area (Å²) in [6.45, 7) is 0. The molecular formula is C6H8N2O6S2. The molecule has 0 radical (unpaired) electrons. The van der Waals surface area contributed by atoms with Gasteiger partial charge in [-0.25, -0.2) is 0 Å². The first kappa shape index (κ1) is 13.0. The second-order valence-electron chi connectivity index (χ2n) is 2.58. The fourth-order valence-corrected chi connectivity index (χ4v) is 2.23. The summed E-state index contributed by atoms with van der Waals surface area (Å²) in [6.07, 6.45) is 0. The van der Waals surface area contributed by atoms with Crippen LogP contribution in [-0.4, -0.2) is 16.8 Å². The molecule has 0 aliphatic carbocycles. The topological polar surface area (TPSA) is 139 Å². The van der Waals surface area contributed by atoms with Crippen LogP contribution in [0.1, 0.15) is 0 Å². The zero-order chi connectivity index (χ0) is 12.4. The lowest BCUT2D eigenvalue weighted by Crippen LogP contribution is -2.14. The smallest absolute Gasteiger partial charge is 0.197 e. The lowest BCUT2D eigenvalue weighted by molar-refractivity contribution is 0.331. The third-order valence-corrected chi connectivity index (χ3v) is 3.81. The summed E-state index contributed by atoms with van der Waals surface area (Å²) in [5.41, 5.74) is 0. The van der Waals surface area contributed by atoms with Crippen LogP contribution >= 0.6 is 0 Å². The molecule has 0 unspecified atom stereocenters. The fourth-order valence-electron chi connectivity index (χ4n) is 0.896. The molecule has 0 aromatic heterocycles. The maximum absolute atomic E-state index is 11.2. The minimum Gasteiger partial charge on any atom is -0.197 e. The summed E-state index contributed by atoms with van der Waals surface area (Å²) in [4.78, 5) is -0.846. The Bertz CT molecular complexity index is 530. The molecule has 8 nitrogen and oxygen atoms in total. The molecule has 0 aliphatic heterocycles. The van der Waals surface area contributed by atoms with Crippen LogP contribution in [0.25, 0.3) is 0 Å². The first-order valence-corrected chi connectivity index (χ1v) is 6.52. The van der Waals surface area contributed by atoms with E-state index in [1.165, 1.54) is 6.07 Å². The van der Waals surface area contributed by atoms with E-state index in [1.807, 2.05) is 0 Å². The Morgan fingerprint density at radius 1 is 0.875 bits per heavy atom. The highest BCUT2D eigenvalue weighted by atomic mass is 32.2. The van der Waals surface area contributed by atoms with Gasteiger partial charge in [-0.15, -0.1) is 0 Å². The number of hydrogen-bond acceptors (Lipinski definition) is 8. The van der Waals surface area contributed by atoms with Crippen LogP contribution in [0.3, 0.4) is 0 Å². The van der Waals surface area contributed by atoms with Gasteiger partial charge in [-0.05, 0) is 18.2 Å². The molecule has 0 fully saturated rings. The van der Waals surface area contributed by atoms with Crippen molar-refractivity contribution in [3.8, 4) is 0 Å². The van der Waals surface area contributed by atoms with Crippen LogP contribution in [0.5, 0.6) is 0 Å². The molecule has 0 bridgehead atoms. The maximum atomic E-state index is 11.2. The van der Waals surface area contributed by atoms with Gasteiger partial charge >= 0.3 is 20.2 Å². The third kappa shape index (κ3) is 2.55. The summed E-state index contributed by atoms with van der Waals surface area (Å²) in [5.74, 6) is 9.07. The first-order valence-electron chi connectivity index (χ1n) is 3.70. The minimum absolute atomic E-state index is 0.423. The third-order valence-electron chi connectivity index (χ3n) is 1.64. The van der Waals surface area contributed by atoms with Crippen molar-refractivity contribution in [2.24, 2.45) is 11.8 Å². The quantitative estimate of drug-likeness (QED) is 0.652. The lowest BCUT2D eigenvalue weighted by atomic mass is 10.4. The van der Waals surface area contributed by atoms with Crippen molar-refractivity contribution in [3.63, 3.8) is 0 Å². The molecule has 0 heterocycles. The average molecular weight is 268 g/mol. The second-order valence-corrected chi connectivity index (χ2v) is 5.72. The van der Waals surface area contributed by atoms with Gasteiger partial charge in [0.2, 0.25) is 0 Å². The van der Waals surface area contributed by atoms with Crippen LogP contribution in [0.4, 0.5) is 0 Å². The Kier molecular flexibility index (Phi) is 3.62. The van der Waals surface area contributed by atoms with Gasteiger partial charge in [-0.3, -0.25) is 0 Å². The van der Waals surface area contributed by atoms with Crippen molar-refractivity contribution < 1.29 is 25.4 Å². The zero-order valence-corrected chi connectivity index (χ0v) is 9.36. The predicted molar refractivity (Wildman–Crippen MR) is 51.4 cm³/mol. The molecule has 0 aliphatic rings. The summed E-state index contributed by atoms with van der Waals surface area (Å²) in [6, 6.07) is 4.21. The number of rotatable bonds is 4. The highest BCUT2D eigenvalue weighted by Gasteiger charge is 2.19. The van der Waals surface area contributed by atoms with Crippen LogP contribution in [0.15, 0.2) is 34.1 Å². The average Bonchev–Trinajstić information content (AvgIpc) is 2.29. The van der Waals surface area contributed by atoms with E-state index in [-0.39, 0.29) is 0 Å². The molecule has 0 saturated carbocycles. The van der Waals surface area contributed by atoms with Gasteiger partial charge in [0.25, 0.3) is 0 Å². The molecule has 0 atom stereocenters. The van der Waals surface area contributed by atoms with Crippen LogP contribution in [-0.2, 0) is 28.8 Å². The molecule has 10 heteroatoms.